The van der Waals surface area contributed by atoms with E-state index < -0.39 is 9.85 Å². The molecule has 0 saturated heterocycles. The summed E-state index contributed by atoms with van der Waals surface area (Å²) < 4.78 is 10.3. The van der Waals surface area contributed by atoms with E-state index in [-0.39, 0.29) is 11.4 Å². The Morgan fingerprint density at radius 3 is 2.17 bits per heavy atom. The summed E-state index contributed by atoms with van der Waals surface area (Å²) in [7, 11) is 2.99. The summed E-state index contributed by atoms with van der Waals surface area (Å²) in [5, 5.41) is 21.9. The molecule has 0 aliphatic heterocycles. The van der Waals surface area contributed by atoms with Crippen LogP contribution in [0.3, 0.4) is 0 Å². The van der Waals surface area contributed by atoms with Gasteiger partial charge in [0.05, 0.1) is 35.0 Å². The zero-order chi connectivity index (χ0) is 17.0. The maximum atomic E-state index is 11.1. The number of rotatable bonds is 6. The van der Waals surface area contributed by atoms with Crippen molar-refractivity contribution < 1.29 is 19.3 Å². The Bertz CT molecular complexity index is 765. The summed E-state index contributed by atoms with van der Waals surface area (Å²) in [4.78, 5) is 21.5. The molecule has 2 rings (SSSR count). The first-order valence-electron chi connectivity index (χ1n) is 6.29. The fourth-order valence-corrected chi connectivity index (χ4v) is 2.79. The molecule has 9 heteroatoms. The molecule has 0 spiro atoms. The lowest BCUT2D eigenvalue weighted by Gasteiger charge is -2.09. The summed E-state index contributed by atoms with van der Waals surface area (Å²) in [5.74, 6) is 1.03. The predicted molar refractivity (Wildman–Crippen MR) is 83.4 cm³/mol. The first-order chi connectivity index (χ1) is 11.0. The van der Waals surface area contributed by atoms with Crippen LogP contribution in [0.25, 0.3) is 0 Å². The molecule has 0 fully saturated rings. The fraction of sp³-hybridized carbons (Fsp3) is 0.143. The van der Waals surface area contributed by atoms with Gasteiger partial charge in [-0.1, -0.05) is 11.8 Å². The van der Waals surface area contributed by atoms with Crippen LogP contribution in [-0.4, -0.2) is 24.1 Å². The Balaban J connectivity index is 2.40. The van der Waals surface area contributed by atoms with Crippen LogP contribution in [0.15, 0.2) is 46.2 Å². The molecule has 0 amide bonds. The Morgan fingerprint density at radius 1 is 0.913 bits per heavy atom. The molecule has 2 aromatic rings. The average Bonchev–Trinajstić information content (AvgIpc) is 2.54. The monoisotopic (exact) mass is 336 g/mol. The van der Waals surface area contributed by atoms with Crippen LogP contribution in [0.2, 0.25) is 0 Å². The van der Waals surface area contributed by atoms with Crippen LogP contribution in [0.1, 0.15) is 0 Å². The Labute approximate surface area is 135 Å². The predicted octanol–water partition coefficient (Wildman–Crippen LogP) is 3.67. The molecule has 0 atom stereocenters. The number of non-ortho nitro benzene ring substituents is 1. The number of hydrogen-bond donors (Lipinski definition) is 0. The van der Waals surface area contributed by atoms with Crippen LogP contribution in [0, 0.1) is 20.2 Å². The van der Waals surface area contributed by atoms with Crippen molar-refractivity contribution in [2.75, 3.05) is 14.2 Å². The van der Waals surface area contributed by atoms with E-state index in [1.807, 2.05) is 0 Å². The van der Waals surface area contributed by atoms with Gasteiger partial charge >= 0.3 is 0 Å². The van der Waals surface area contributed by atoms with Crippen molar-refractivity contribution in [2.45, 2.75) is 9.79 Å². The summed E-state index contributed by atoms with van der Waals surface area (Å²) in [6.45, 7) is 0. The van der Waals surface area contributed by atoms with Crippen LogP contribution in [0.4, 0.5) is 11.4 Å². The molecule has 0 aliphatic carbocycles. The van der Waals surface area contributed by atoms with Gasteiger partial charge in [0.15, 0.2) is 11.5 Å². The van der Waals surface area contributed by atoms with Crippen molar-refractivity contribution >= 4 is 23.1 Å². The number of hydrogen-bond acceptors (Lipinski definition) is 7. The zero-order valence-corrected chi connectivity index (χ0v) is 13.0. The lowest BCUT2D eigenvalue weighted by Crippen LogP contribution is -1.94. The van der Waals surface area contributed by atoms with Gasteiger partial charge in [0.2, 0.25) is 0 Å². The van der Waals surface area contributed by atoms with Crippen molar-refractivity contribution in [3.8, 4) is 11.5 Å². The first kappa shape index (κ1) is 16.6. The van der Waals surface area contributed by atoms with E-state index in [9.17, 15) is 20.2 Å². The molecular formula is C14H12N2O6S. The molecule has 2 aromatic carbocycles. The number of ether oxygens (including phenoxy) is 2. The van der Waals surface area contributed by atoms with E-state index in [4.69, 9.17) is 9.47 Å². The molecule has 8 nitrogen and oxygen atoms in total. The van der Waals surface area contributed by atoms with Crippen molar-refractivity contribution in [3.05, 3.63) is 56.6 Å². The maximum Gasteiger partial charge on any atom is 0.290 e. The van der Waals surface area contributed by atoms with Gasteiger partial charge in [-0.05, 0) is 24.3 Å². The molecule has 0 radical (unpaired) electrons. The van der Waals surface area contributed by atoms with Gasteiger partial charge < -0.3 is 9.47 Å². The van der Waals surface area contributed by atoms with Gasteiger partial charge in [0, 0.05) is 11.0 Å². The van der Waals surface area contributed by atoms with E-state index in [1.54, 1.807) is 18.2 Å². The van der Waals surface area contributed by atoms with Crippen LogP contribution < -0.4 is 9.47 Å². The highest BCUT2D eigenvalue weighted by atomic mass is 32.2. The van der Waals surface area contributed by atoms with Gasteiger partial charge in [-0.2, -0.15) is 0 Å². The van der Waals surface area contributed by atoms with Crippen LogP contribution in [0.5, 0.6) is 11.5 Å². The number of nitro groups is 2. The minimum Gasteiger partial charge on any atom is -0.493 e. The SMILES string of the molecule is COc1ccc(Sc2ccc([N+](=O)[O-])cc2[N+](=O)[O-])cc1OC. The van der Waals surface area contributed by atoms with Crippen molar-refractivity contribution in [2.24, 2.45) is 0 Å². The average molecular weight is 336 g/mol. The number of benzene rings is 2. The number of nitro benzene ring substituents is 2. The van der Waals surface area contributed by atoms with E-state index in [1.165, 1.54) is 26.4 Å². The highest BCUT2D eigenvalue weighted by Crippen LogP contribution is 2.39. The van der Waals surface area contributed by atoms with Gasteiger partial charge in [-0.3, -0.25) is 20.2 Å². The van der Waals surface area contributed by atoms with Crippen LogP contribution in [-0.2, 0) is 0 Å². The highest BCUT2D eigenvalue weighted by Gasteiger charge is 2.20. The molecule has 0 N–H and O–H groups in total. The summed E-state index contributed by atoms with van der Waals surface area (Å²) in [6.07, 6.45) is 0. The van der Waals surface area contributed by atoms with Gasteiger partial charge in [-0.15, -0.1) is 0 Å². The Kier molecular flexibility index (Phi) is 5.02. The quantitative estimate of drug-likeness (QED) is 0.585. The highest BCUT2D eigenvalue weighted by molar-refractivity contribution is 7.99. The lowest BCUT2D eigenvalue weighted by molar-refractivity contribution is -0.396. The molecular weight excluding hydrogens is 324 g/mol. The van der Waals surface area contributed by atoms with Gasteiger partial charge in [0.25, 0.3) is 11.4 Å². The van der Waals surface area contributed by atoms with E-state index >= 15 is 0 Å². The summed E-state index contributed by atoms with van der Waals surface area (Å²) >= 11 is 1.11. The Hall–Kier alpha value is -2.81. The third kappa shape index (κ3) is 3.69. The standard InChI is InChI=1S/C14H12N2O6S/c1-21-12-5-4-10(8-13(12)22-2)23-14-6-3-9(15(17)18)7-11(14)16(19)20/h3-8H,1-2H3. The third-order valence-electron chi connectivity index (χ3n) is 2.93. The molecule has 0 aromatic heterocycles. The molecule has 0 bridgehead atoms. The van der Waals surface area contributed by atoms with E-state index in [0.29, 0.717) is 21.3 Å². The van der Waals surface area contributed by atoms with Gasteiger partial charge in [0.1, 0.15) is 0 Å². The van der Waals surface area contributed by atoms with Gasteiger partial charge in [-0.25, -0.2) is 0 Å². The number of methoxy groups -OCH3 is 2. The minimum atomic E-state index is -0.669. The van der Waals surface area contributed by atoms with Crippen molar-refractivity contribution in [3.63, 3.8) is 0 Å². The number of nitrogens with zero attached hydrogens (tertiary/aromatic N) is 2. The maximum absolute atomic E-state index is 11.1. The molecule has 0 heterocycles. The van der Waals surface area contributed by atoms with Crippen LogP contribution >= 0.6 is 11.8 Å². The third-order valence-corrected chi connectivity index (χ3v) is 3.99. The second-order valence-electron chi connectivity index (χ2n) is 4.29. The molecule has 0 aliphatic rings. The second-order valence-corrected chi connectivity index (χ2v) is 5.40. The normalized spacial score (nSPS) is 10.2. The van der Waals surface area contributed by atoms with Crippen molar-refractivity contribution in [1.82, 2.24) is 0 Å². The fourth-order valence-electron chi connectivity index (χ4n) is 1.86. The minimum absolute atomic E-state index is 0.299. The van der Waals surface area contributed by atoms with E-state index in [2.05, 4.69) is 0 Å². The smallest absolute Gasteiger partial charge is 0.290 e. The summed E-state index contributed by atoms with van der Waals surface area (Å²) in [5.41, 5.74) is -0.646. The lowest BCUT2D eigenvalue weighted by atomic mass is 10.3. The van der Waals surface area contributed by atoms with E-state index in [0.717, 1.165) is 17.8 Å². The molecule has 0 unspecified atom stereocenters. The molecule has 120 valence electrons. The largest absolute Gasteiger partial charge is 0.493 e. The Morgan fingerprint density at radius 2 is 1.61 bits per heavy atom. The zero-order valence-electron chi connectivity index (χ0n) is 12.2. The first-order valence-corrected chi connectivity index (χ1v) is 7.10. The topological polar surface area (TPSA) is 105 Å². The second kappa shape index (κ2) is 6.97. The molecule has 0 saturated carbocycles. The summed E-state index contributed by atoms with van der Waals surface area (Å²) in [6, 6.07) is 8.61. The van der Waals surface area contributed by atoms with Crippen molar-refractivity contribution in [1.29, 1.82) is 0 Å². The molecule has 23 heavy (non-hydrogen) atoms.